The molecule has 1 fully saturated rings. The van der Waals surface area contributed by atoms with Gasteiger partial charge < -0.3 is 14.2 Å². The normalized spacial score (nSPS) is 14.9. The van der Waals surface area contributed by atoms with Gasteiger partial charge in [-0.1, -0.05) is 49.7 Å². The maximum Gasteiger partial charge on any atom is 0.258 e. The zero-order valence-corrected chi connectivity index (χ0v) is 19.7. The van der Waals surface area contributed by atoms with E-state index in [2.05, 4.69) is 53.9 Å². The van der Waals surface area contributed by atoms with E-state index in [1.165, 1.54) is 22.5 Å². The predicted octanol–water partition coefficient (Wildman–Crippen LogP) is 5.80. The molecule has 0 N–H and O–H groups in total. The molecule has 1 saturated heterocycles. The van der Waals surface area contributed by atoms with Gasteiger partial charge >= 0.3 is 0 Å². The van der Waals surface area contributed by atoms with Gasteiger partial charge in [-0.15, -0.1) is 11.3 Å². The van der Waals surface area contributed by atoms with Crippen molar-refractivity contribution in [3.63, 3.8) is 0 Å². The molecule has 0 atom stereocenters. The molecular formula is C24H28ClN3O2S. The lowest BCUT2D eigenvalue weighted by Gasteiger charge is -2.32. The van der Waals surface area contributed by atoms with Gasteiger partial charge in [0.15, 0.2) is 5.75 Å². The molecule has 0 unspecified atom stereocenters. The molecule has 1 aromatic carbocycles. The minimum atomic E-state index is -0.00738. The Morgan fingerprint density at radius 3 is 2.61 bits per heavy atom. The van der Waals surface area contributed by atoms with Crippen molar-refractivity contribution in [3.05, 3.63) is 68.9 Å². The highest BCUT2D eigenvalue weighted by atomic mass is 35.5. The van der Waals surface area contributed by atoms with Gasteiger partial charge in [-0.25, -0.2) is 4.98 Å². The molecule has 5 nitrogen and oxygen atoms in total. The summed E-state index contributed by atoms with van der Waals surface area (Å²) in [4.78, 5) is 19.5. The van der Waals surface area contributed by atoms with Crippen LogP contribution in [0.5, 0.6) is 5.75 Å². The highest BCUT2D eigenvalue weighted by molar-refractivity contribution is 7.15. The molecule has 1 aliphatic rings. The van der Waals surface area contributed by atoms with Gasteiger partial charge in [-0.3, -0.25) is 4.79 Å². The van der Waals surface area contributed by atoms with Crippen LogP contribution in [0.15, 0.2) is 42.0 Å². The number of amides is 1. The number of piperidine rings is 1. The molecule has 164 valence electrons. The molecule has 31 heavy (non-hydrogen) atoms. The van der Waals surface area contributed by atoms with Crippen LogP contribution < -0.4 is 4.74 Å². The summed E-state index contributed by atoms with van der Waals surface area (Å²) in [7, 11) is 1.55. The van der Waals surface area contributed by atoms with Crippen molar-refractivity contribution in [2.24, 2.45) is 0 Å². The number of halogens is 1. The number of ether oxygens (including phenoxy) is 1. The van der Waals surface area contributed by atoms with Gasteiger partial charge in [0.1, 0.15) is 10.2 Å². The summed E-state index contributed by atoms with van der Waals surface area (Å²) in [6, 6.07) is 8.84. The first-order valence-electron chi connectivity index (χ1n) is 10.7. The van der Waals surface area contributed by atoms with Crippen molar-refractivity contribution in [2.75, 3.05) is 20.2 Å². The number of rotatable bonds is 6. The number of likely N-dealkylation sites (tertiary alicyclic amines) is 1. The van der Waals surface area contributed by atoms with Gasteiger partial charge in [0.05, 0.1) is 12.7 Å². The summed E-state index contributed by atoms with van der Waals surface area (Å²) in [5.74, 6) is 2.47. The third-order valence-electron chi connectivity index (χ3n) is 6.03. The molecule has 0 bridgehead atoms. The monoisotopic (exact) mass is 457 g/mol. The van der Waals surface area contributed by atoms with Crippen LogP contribution >= 0.6 is 22.9 Å². The lowest BCUT2D eigenvalue weighted by Crippen LogP contribution is -2.38. The number of thiophene rings is 1. The van der Waals surface area contributed by atoms with E-state index < -0.39 is 0 Å². The topological polar surface area (TPSA) is 47.4 Å². The quantitative estimate of drug-likeness (QED) is 0.470. The molecule has 1 amide bonds. The zero-order chi connectivity index (χ0) is 22.0. The van der Waals surface area contributed by atoms with Crippen LogP contribution in [0.4, 0.5) is 0 Å². The first kappa shape index (κ1) is 21.9. The third-order valence-corrected chi connectivity index (χ3v) is 7.22. The Balaban J connectivity index is 1.40. The zero-order valence-electron chi connectivity index (χ0n) is 18.2. The Morgan fingerprint density at radius 2 is 1.97 bits per heavy atom. The fourth-order valence-corrected chi connectivity index (χ4v) is 5.23. The molecule has 0 radical (unpaired) electrons. The van der Waals surface area contributed by atoms with Crippen LogP contribution in [0.3, 0.4) is 0 Å². The van der Waals surface area contributed by atoms with Crippen LogP contribution in [0, 0.1) is 0 Å². The SMILES string of the molecule is COc1c(C(=O)N2CCC(c3nccn3Cc3ccc(C(C)C)cc3)CC2)csc1Cl. The number of imidazole rings is 1. The Kier molecular flexibility index (Phi) is 6.68. The second kappa shape index (κ2) is 9.45. The molecule has 0 aliphatic carbocycles. The predicted molar refractivity (Wildman–Crippen MR) is 126 cm³/mol. The lowest BCUT2D eigenvalue weighted by molar-refractivity contribution is 0.0707. The number of carbonyl (C=O) groups excluding carboxylic acids is 1. The number of aromatic nitrogens is 2. The Morgan fingerprint density at radius 1 is 1.26 bits per heavy atom. The smallest absolute Gasteiger partial charge is 0.258 e. The molecule has 0 spiro atoms. The van der Waals surface area contributed by atoms with Crippen molar-refractivity contribution in [1.29, 1.82) is 0 Å². The fourth-order valence-electron chi connectivity index (χ4n) is 4.19. The first-order valence-corrected chi connectivity index (χ1v) is 11.9. The highest BCUT2D eigenvalue weighted by Gasteiger charge is 2.29. The number of hydrogen-bond acceptors (Lipinski definition) is 4. The molecule has 1 aliphatic heterocycles. The van der Waals surface area contributed by atoms with Crippen molar-refractivity contribution in [2.45, 2.75) is 45.1 Å². The van der Waals surface area contributed by atoms with E-state index in [1.807, 2.05) is 11.1 Å². The fraction of sp³-hybridized carbons (Fsp3) is 0.417. The molecule has 3 heterocycles. The number of hydrogen-bond donors (Lipinski definition) is 0. The van der Waals surface area contributed by atoms with E-state index in [-0.39, 0.29) is 5.91 Å². The number of benzene rings is 1. The molecule has 0 saturated carbocycles. The number of carbonyl (C=O) groups is 1. The summed E-state index contributed by atoms with van der Waals surface area (Å²) in [6.45, 7) is 6.65. The second-order valence-corrected chi connectivity index (χ2v) is 9.81. The Labute approximate surface area is 192 Å². The van der Waals surface area contributed by atoms with Crippen LogP contribution in [-0.2, 0) is 6.54 Å². The van der Waals surface area contributed by atoms with Gasteiger partial charge in [0.2, 0.25) is 0 Å². The van der Waals surface area contributed by atoms with E-state index in [4.69, 9.17) is 16.3 Å². The maximum atomic E-state index is 12.9. The van der Waals surface area contributed by atoms with Crippen molar-refractivity contribution >= 4 is 28.8 Å². The highest BCUT2D eigenvalue weighted by Crippen LogP contribution is 2.37. The van der Waals surface area contributed by atoms with Gasteiger partial charge in [0, 0.05) is 43.3 Å². The third kappa shape index (κ3) is 4.65. The summed E-state index contributed by atoms with van der Waals surface area (Å²) >= 11 is 7.47. The number of methoxy groups -OCH3 is 1. The average Bonchev–Trinajstić information content (AvgIpc) is 3.39. The average molecular weight is 458 g/mol. The lowest BCUT2D eigenvalue weighted by atomic mass is 9.95. The molecule has 4 rings (SSSR count). The van der Waals surface area contributed by atoms with Crippen LogP contribution in [-0.4, -0.2) is 40.6 Å². The van der Waals surface area contributed by atoms with E-state index in [1.54, 1.807) is 12.5 Å². The molecule has 3 aromatic rings. The first-order chi connectivity index (χ1) is 15.0. The van der Waals surface area contributed by atoms with Crippen LogP contribution in [0.25, 0.3) is 0 Å². The van der Waals surface area contributed by atoms with Gasteiger partial charge in [-0.2, -0.15) is 0 Å². The summed E-state index contributed by atoms with van der Waals surface area (Å²) in [6.07, 6.45) is 5.74. The van der Waals surface area contributed by atoms with Gasteiger partial charge in [0.25, 0.3) is 5.91 Å². The Bertz CT molecular complexity index is 1030. The van der Waals surface area contributed by atoms with Crippen molar-refractivity contribution < 1.29 is 9.53 Å². The van der Waals surface area contributed by atoms with Gasteiger partial charge in [-0.05, 0) is 29.9 Å². The summed E-state index contributed by atoms with van der Waals surface area (Å²) < 4.78 is 8.08. The van der Waals surface area contributed by atoms with Crippen molar-refractivity contribution in [1.82, 2.24) is 14.5 Å². The van der Waals surface area contributed by atoms with Crippen LogP contribution in [0.2, 0.25) is 4.34 Å². The Hall–Kier alpha value is -2.31. The largest absolute Gasteiger partial charge is 0.493 e. The van der Waals surface area contributed by atoms with E-state index in [0.29, 0.717) is 40.6 Å². The van der Waals surface area contributed by atoms with E-state index in [0.717, 1.165) is 25.2 Å². The standard InChI is InChI=1S/C24H28ClN3O2S/c1-16(2)18-6-4-17(5-7-18)14-28-13-10-26-23(28)19-8-11-27(12-9-19)24(29)20-15-31-22(25)21(20)30-3/h4-7,10,13,15-16,19H,8-9,11-12,14H2,1-3H3. The molecule has 2 aromatic heterocycles. The van der Waals surface area contributed by atoms with Crippen LogP contribution in [0.1, 0.15) is 65.8 Å². The summed E-state index contributed by atoms with van der Waals surface area (Å²) in [5, 5.41) is 1.78. The van der Waals surface area contributed by atoms with E-state index in [9.17, 15) is 4.79 Å². The maximum absolute atomic E-state index is 12.9. The molecule has 7 heteroatoms. The van der Waals surface area contributed by atoms with E-state index >= 15 is 0 Å². The molecular weight excluding hydrogens is 430 g/mol. The minimum Gasteiger partial charge on any atom is -0.493 e. The second-order valence-electron chi connectivity index (χ2n) is 8.33. The summed E-state index contributed by atoms with van der Waals surface area (Å²) in [5.41, 5.74) is 3.19. The minimum absolute atomic E-state index is 0.00738. The van der Waals surface area contributed by atoms with Crippen molar-refractivity contribution in [3.8, 4) is 5.75 Å². The number of nitrogens with zero attached hydrogens (tertiary/aromatic N) is 3.